The zero-order valence-electron chi connectivity index (χ0n) is 12.2. The summed E-state index contributed by atoms with van der Waals surface area (Å²) in [5.41, 5.74) is 1.03. The van der Waals surface area contributed by atoms with Crippen molar-refractivity contribution in [3.8, 4) is 12.1 Å². The van der Waals surface area contributed by atoms with Crippen molar-refractivity contribution in [3.05, 3.63) is 47.3 Å². The first kappa shape index (κ1) is 14.2. The van der Waals surface area contributed by atoms with Gasteiger partial charge in [0.2, 0.25) is 0 Å². The Hall–Kier alpha value is -2.79. The number of aliphatic imine (C=N–C) groups is 1. The van der Waals surface area contributed by atoms with Gasteiger partial charge in [0.05, 0.1) is 6.04 Å². The van der Waals surface area contributed by atoms with Gasteiger partial charge >= 0.3 is 0 Å². The van der Waals surface area contributed by atoms with Gasteiger partial charge in [-0.25, -0.2) is 0 Å². The molecule has 0 amide bonds. The normalized spacial score (nSPS) is 23.5. The quantitative estimate of drug-likeness (QED) is 0.777. The number of rotatable bonds is 1. The van der Waals surface area contributed by atoms with Gasteiger partial charge in [0.1, 0.15) is 23.8 Å². The van der Waals surface area contributed by atoms with E-state index in [1.54, 1.807) is 0 Å². The van der Waals surface area contributed by atoms with E-state index in [0.29, 0.717) is 5.82 Å². The minimum atomic E-state index is 0.0647. The summed E-state index contributed by atoms with van der Waals surface area (Å²) in [5.74, 6) is 1.20. The summed E-state index contributed by atoms with van der Waals surface area (Å²) < 4.78 is 0. The maximum Gasteiger partial charge on any atom is 0.169 e. The number of amidine groups is 1. The van der Waals surface area contributed by atoms with Crippen LogP contribution >= 0.6 is 0 Å². The molecule has 5 nitrogen and oxygen atoms in total. The number of nitriles is 2. The number of benzene rings is 1. The Morgan fingerprint density at radius 2 is 1.82 bits per heavy atom. The monoisotopic (exact) mass is 291 g/mol. The van der Waals surface area contributed by atoms with E-state index >= 15 is 0 Å². The molecule has 0 aromatic heterocycles. The van der Waals surface area contributed by atoms with Crippen LogP contribution in [-0.4, -0.2) is 17.9 Å². The number of nitrogens with zero attached hydrogens (tertiary/aromatic N) is 3. The molecule has 1 fully saturated rings. The van der Waals surface area contributed by atoms with Gasteiger partial charge in [-0.1, -0.05) is 43.2 Å². The summed E-state index contributed by atoms with van der Waals surface area (Å²) in [6.45, 7) is 0. The zero-order chi connectivity index (χ0) is 15.4. The van der Waals surface area contributed by atoms with Gasteiger partial charge in [-0.3, -0.25) is 4.99 Å². The fourth-order valence-corrected chi connectivity index (χ4v) is 2.99. The Morgan fingerprint density at radius 3 is 2.55 bits per heavy atom. The van der Waals surface area contributed by atoms with Gasteiger partial charge in [0, 0.05) is 11.6 Å². The lowest BCUT2D eigenvalue weighted by molar-refractivity contribution is 0.351. The standard InChI is InChI=1S/C17H17N5/c18-10-13(11-19)17-21-15-9-5-4-8-14(15)20-16(22-17)12-6-2-1-3-7-12/h1-3,6-7,14-15,21H,4-5,8-9H2,(H,20,22)/t14-,15-/m0/s1. The van der Waals surface area contributed by atoms with Crippen molar-refractivity contribution in [2.45, 2.75) is 37.8 Å². The van der Waals surface area contributed by atoms with Crippen LogP contribution in [0.15, 0.2) is 46.7 Å². The molecule has 1 saturated carbocycles. The maximum atomic E-state index is 9.17. The SMILES string of the molecule is N#CC(C#N)=C1NC(c2ccccc2)=N[C@H]2CCCC[C@@H]2N1. The third kappa shape index (κ3) is 2.80. The molecule has 1 aliphatic carbocycles. The first-order valence-electron chi connectivity index (χ1n) is 7.53. The van der Waals surface area contributed by atoms with E-state index in [9.17, 15) is 10.5 Å². The van der Waals surface area contributed by atoms with Crippen LogP contribution in [0.5, 0.6) is 0 Å². The number of hydrogen-bond acceptors (Lipinski definition) is 5. The van der Waals surface area contributed by atoms with E-state index in [4.69, 9.17) is 4.99 Å². The molecule has 22 heavy (non-hydrogen) atoms. The maximum absolute atomic E-state index is 9.17. The van der Waals surface area contributed by atoms with Crippen LogP contribution < -0.4 is 10.6 Å². The average molecular weight is 291 g/mol. The number of allylic oxidation sites excluding steroid dienone is 1. The first-order chi connectivity index (χ1) is 10.8. The fraction of sp³-hybridized carbons (Fsp3) is 0.353. The highest BCUT2D eigenvalue weighted by molar-refractivity contribution is 6.00. The van der Waals surface area contributed by atoms with Gasteiger partial charge in [-0.2, -0.15) is 10.5 Å². The lowest BCUT2D eigenvalue weighted by Gasteiger charge is -2.28. The molecule has 0 radical (unpaired) electrons. The topological polar surface area (TPSA) is 84.0 Å². The van der Waals surface area contributed by atoms with Crippen molar-refractivity contribution in [2.75, 3.05) is 0 Å². The van der Waals surface area contributed by atoms with Crippen LogP contribution in [0.25, 0.3) is 0 Å². The third-order valence-electron chi connectivity index (χ3n) is 4.12. The van der Waals surface area contributed by atoms with Gasteiger partial charge in [-0.05, 0) is 12.8 Å². The molecular formula is C17H17N5. The molecule has 1 aromatic carbocycles. The molecule has 0 unspecified atom stereocenters. The van der Waals surface area contributed by atoms with E-state index in [0.717, 1.165) is 37.1 Å². The average Bonchev–Trinajstić information content (AvgIpc) is 2.76. The fourth-order valence-electron chi connectivity index (χ4n) is 2.99. The van der Waals surface area contributed by atoms with Crippen LogP contribution in [0, 0.1) is 22.7 Å². The summed E-state index contributed by atoms with van der Waals surface area (Å²) in [7, 11) is 0. The molecule has 0 saturated heterocycles. The summed E-state index contributed by atoms with van der Waals surface area (Å²) in [6, 6.07) is 14.1. The zero-order valence-corrected chi connectivity index (χ0v) is 12.2. The minimum Gasteiger partial charge on any atom is -0.365 e. The molecule has 2 N–H and O–H groups in total. The van der Waals surface area contributed by atoms with Crippen molar-refractivity contribution in [2.24, 2.45) is 4.99 Å². The van der Waals surface area contributed by atoms with Crippen molar-refractivity contribution >= 4 is 5.84 Å². The molecule has 3 rings (SSSR count). The second-order valence-corrected chi connectivity index (χ2v) is 5.54. The summed E-state index contributed by atoms with van der Waals surface area (Å²) in [4.78, 5) is 4.86. The second kappa shape index (κ2) is 6.32. The van der Waals surface area contributed by atoms with Gasteiger partial charge in [0.25, 0.3) is 0 Å². The van der Waals surface area contributed by atoms with Crippen molar-refractivity contribution in [1.82, 2.24) is 10.6 Å². The Balaban J connectivity index is 2.04. The van der Waals surface area contributed by atoms with Crippen LogP contribution in [0.4, 0.5) is 0 Å². The molecule has 1 aliphatic heterocycles. The Kier molecular flexibility index (Phi) is 4.07. The van der Waals surface area contributed by atoms with E-state index < -0.39 is 0 Å². The third-order valence-corrected chi connectivity index (χ3v) is 4.12. The molecule has 1 aromatic rings. The molecule has 110 valence electrons. The lowest BCUT2D eigenvalue weighted by atomic mass is 9.90. The summed E-state index contributed by atoms with van der Waals surface area (Å²) in [6.07, 6.45) is 4.34. The van der Waals surface area contributed by atoms with E-state index in [1.807, 2.05) is 42.5 Å². The van der Waals surface area contributed by atoms with E-state index in [1.165, 1.54) is 0 Å². The second-order valence-electron chi connectivity index (χ2n) is 5.54. The Labute approximate surface area is 130 Å². The first-order valence-corrected chi connectivity index (χ1v) is 7.53. The van der Waals surface area contributed by atoms with Gasteiger partial charge in [0.15, 0.2) is 5.57 Å². The largest absolute Gasteiger partial charge is 0.365 e. The molecule has 2 aliphatic rings. The van der Waals surface area contributed by atoms with Crippen molar-refractivity contribution in [1.29, 1.82) is 10.5 Å². The lowest BCUT2D eigenvalue weighted by Crippen LogP contribution is -2.41. The molecular weight excluding hydrogens is 274 g/mol. The van der Waals surface area contributed by atoms with Crippen molar-refractivity contribution < 1.29 is 0 Å². The number of nitrogens with one attached hydrogen (secondary N) is 2. The van der Waals surface area contributed by atoms with E-state index in [-0.39, 0.29) is 17.7 Å². The molecule has 1 heterocycles. The molecule has 0 bridgehead atoms. The Bertz CT molecular complexity index is 674. The van der Waals surface area contributed by atoms with Crippen LogP contribution in [0.1, 0.15) is 31.2 Å². The highest BCUT2D eigenvalue weighted by atomic mass is 15.2. The summed E-state index contributed by atoms with van der Waals surface area (Å²) >= 11 is 0. The van der Waals surface area contributed by atoms with E-state index in [2.05, 4.69) is 10.6 Å². The molecule has 2 atom stereocenters. The predicted octanol–water partition coefficient (Wildman–Crippen LogP) is 2.20. The molecule has 5 heteroatoms. The number of hydrogen-bond donors (Lipinski definition) is 2. The van der Waals surface area contributed by atoms with Crippen LogP contribution in [-0.2, 0) is 0 Å². The van der Waals surface area contributed by atoms with Gasteiger partial charge in [-0.15, -0.1) is 0 Å². The van der Waals surface area contributed by atoms with Crippen LogP contribution in [0.2, 0.25) is 0 Å². The smallest absolute Gasteiger partial charge is 0.169 e. The minimum absolute atomic E-state index is 0.0647. The molecule has 0 spiro atoms. The summed E-state index contributed by atoms with van der Waals surface area (Å²) in [5, 5.41) is 24.8. The number of fused-ring (bicyclic) bond motifs is 1. The highest BCUT2D eigenvalue weighted by Crippen LogP contribution is 2.24. The van der Waals surface area contributed by atoms with Crippen LogP contribution in [0.3, 0.4) is 0 Å². The van der Waals surface area contributed by atoms with Crippen molar-refractivity contribution in [3.63, 3.8) is 0 Å². The highest BCUT2D eigenvalue weighted by Gasteiger charge is 2.29. The predicted molar refractivity (Wildman–Crippen MR) is 83.5 cm³/mol. The van der Waals surface area contributed by atoms with Gasteiger partial charge < -0.3 is 10.6 Å². The Morgan fingerprint density at radius 1 is 1.09 bits per heavy atom.